The van der Waals surface area contributed by atoms with Crippen LogP contribution < -0.4 is 10.6 Å². The van der Waals surface area contributed by atoms with Crippen LogP contribution in [0.3, 0.4) is 0 Å². The minimum Gasteiger partial charge on any atom is -0.395 e. The first kappa shape index (κ1) is 21.2. The number of nitrogens with zero attached hydrogens (tertiary/aromatic N) is 1. The van der Waals surface area contributed by atoms with Crippen molar-refractivity contribution in [3.8, 4) is 0 Å². The van der Waals surface area contributed by atoms with Crippen molar-refractivity contribution in [2.45, 2.75) is 55.2 Å². The highest BCUT2D eigenvalue weighted by atomic mass is 32.2. The molecule has 0 radical (unpaired) electrons. The van der Waals surface area contributed by atoms with Gasteiger partial charge in [0.1, 0.15) is 6.04 Å². The lowest BCUT2D eigenvalue weighted by Crippen LogP contribution is -2.55. The van der Waals surface area contributed by atoms with Gasteiger partial charge in [-0.05, 0) is 45.7 Å². The zero-order valence-corrected chi connectivity index (χ0v) is 18.4. The van der Waals surface area contributed by atoms with Gasteiger partial charge in [0.2, 0.25) is 17.7 Å². The van der Waals surface area contributed by atoms with Crippen molar-refractivity contribution in [1.82, 2.24) is 10.2 Å². The summed E-state index contributed by atoms with van der Waals surface area (Å²) in [5.74, 6) is -1.67. The normalized spacial score (nSPS) is 34.4. The third-order valence-electron chi connectivity index (χ3n) is 6.62. The average Bonchev–Trinajstić information content (AvgIpc) is 3.24. The van der Waals surface area contributed by atoms with Crippen molar-refractivity contribution < 1.29 is 19.5 Å². The SMILES string of the molecule is CC(C)NC(=O)C1N(CCO)C(=O)[C@@H]2[C@H](C(=O)Nc3ccccc3)[C@]3(C)CCC12S3. The first-order valence-electron chi connectivity index (χ1n) is 10.5. The van der Waals surface area contributed by atoms with Gasteiger partial charge in [0.25, 0.3) is 0 Å². The third-order valence-corrected chi connectivity index (χ3v) is 8.61. The molecule has 3 heterocycles. The van der Waals surface area contributed by atoms with E-state index in [1.54, 1.807) is 11.8 Å². The molecular formula is C22H29N3O4S. The maximum atomic E-state index is 13.5. The predicted molar refractivity (Wildman–Crippen MR) is 116 cm³/mol. The molecule has 0 aromatic heterocycles. The summed E-state index contributed by atoms with van der Waals surface area (Å²) in [4.78, 5) is 41.6. The lowest BCUT2D eigenvalue weighted by atomic mass is 9.66. The van der Waals surface area contributed by atoms with Gasteiger partial charge in [-0.3, -0.25) is 14.4 Å². The van der Waals surface area contributed by atoms with E-state index in [1.165, 1.54) is 4.90 Å². The Kier molecular flexibility index (Phi) is 5.34. The summed E-state index contributed by atoms with van der Waals surface area (Å²) in [5, 5.41) is 15.5. The number of aliphatic hydroxyl groups is 1. The first-order valence-corrected chi connectivity index (χ1v) is 11.3. The first-order chi connectivity index (χ1) is 14.2. The number of thioether (sulfide) groups is 1. The van der Waals surface area contributed by atoms with E-state index >= 15 is 0 Å². The number of carbonyl (C=O) groups is 3. The van der Waals surface area contributed by atoms with Crippen LogP contribution in [0.2, 0.25) is 0 Å². The molecule has 2 bridgehead atoms. The summed E-state index contributed by atoms with van der Waals surface area (Å²) in [6, 6.07) is 8.49. The van der Waals surface area contributed by atoms with Crippen molar-refractivity contribution >= 4 is 35.2 Å². The monoisotopic (exact) mass is 431 g/mol. The van der Waals surface area contributed by atoms with Gasteiger partial charge >= 0.3 is 0 Å². The molecule has 8 heteroatoms. The number of likely N-dealkylation sites (tertiary alicyclic amines) is 1. The molecule has 3 N–H and O–H groups in total. The Balaban J connectivity index is 1.70. The van der Waals surface area contributed by atoms with E-state index < -0.39 is 27.4 Å². The molecule has 30 heavy (non-hydrogen) atoms. The highest BCUT2D eigenvalue weighted by Gasteiger charge is 2.77. The molecule has 3 saturated heterocycles. The number of hydrogen-bond donors (Lipinski definition) is 3. The summed E-state index contributed by atoms with van der Waals surface area (Å²) < 4.78 is -1.04. The molecule has 5 atom stereocenters. The van der Waals surface area contributed by atoms with E-state index in [9.17, 15) is 19.5 Å². The predicted octanol–water partition coefficient (Wildman–Crippen LogP) is 1.62. The largest absolute Gasteiger partial charge is 0.395 e. The van der Waals surface area contributed by atoms with Gasteiger partial charge in [0.05, 0.1) is 23.2 Å². The molecule has 2 unspecified atom stereocenters. The van der Waals surface area contributed by atoms with Crippen LogP contribution in [0.4, 0.5) is 5.69 Å². The second-order valence-corrected chi connectivity index (χ2v) is 10.9. The zero-order valence-electron chi connectivity index (χ0n) is 17.6. The van der Waals surface area contributed by atoms with Gasteiger partial charge in [-0.1, -0.05) is 18.2 Å². The molecule has 0 aliphatic carbocycles. The van der Waals surface area contributed by atoms with E-state index in [0.717, 1.165) is 6.42 Å². The van der Waals surface area contributed by atoms with Gasteiger partial charge in [-0.15, -0.1) is 11.8 Å². The highest BCUT2D eigenvalue weighted by Crippen LogP contribution is 2.71. The van der Waals surface area contributed by atoms with Crippen LogP contribution >= 0.6 is 11.8 Å². The average molecular weight is 432 g/mol. The van der Waals surface area contributed by atoms with Crippen LogP contribution in [-0.4, -0.2) is 62.5 Å². The fourth-order valence-corrected chi connectivity index (χ4v) is 7.94. The van der Waals surface area contributed by atoms with Crippen molar-refractivity contribution in [2.75, 3.05) is 18.5 Å². The quantitative estimate of drug-likeness (QED) is 0.636. The summed E-state index contributed by atoms with van der Waals surface area (Å²) >= 11 is 1.63. The number of rotatable bonds is 6. The highest BCUT2D eigenvalue weighted by molar-refractivity contribution is 8.02. The number of amides is 3. The summed E-state index contributed by atoms with van der Waals surface area (Å²) in [7, 11) is 0. The van der Waals surface area contributed by atoms with Gasteiger partial charge in [0.15, 0.2) is 0 Å². The number of hydrogen-bond acceptors (Lipinski definition) is 5. The molecule has 162 valence electrons. The lowest BCUT2D eigenvalue weighted by Gasteiger charge is -2.35. The number of aliphatic hydroxyl groups excluding tert-OH is 1. The number of anilines is 1. The Labute approximate surface area is 181 Å². The fraction of sp³-hybridized carbons (Fsp3) is 0.591. The van der Waals surface area contributed by atoms with Crippen LogP contribution in [0.5, 0.6) is 0 Å². The molecule has 1 aromatic carbocycles. The molecule has 1 aromatic rings. The van der Waals surface area contributed by atoms with E-state index in [1.807, 2.05) is 51.1 Å². The maximum Gasteiger partial charge on any atom is 0.244 e. The van der Waals surface area contributed by atoms with E-state index in [2.05, 4.69) is 10.6 Å². The van der Waals surface area contributed by atoms with Gasteiger partial charge in [-0.25, -0.2) is 0 Å². The lowest BCUT2D eigenvalue weighted by molar-refractivity contribution is -0.140. The molecule has 4 rings (SSSR count). The number of nitrogens with one attached hydrogen (secondary N) is 2. The molecule has 1 spiro atoms. The smallest absolute Gasteiger partial charge is 0.244 e. The maximum absolute atomic E-state index is 13.5. The molecule has 3 amide bonds. The van der Waals surface area contributed by atoms with E-state index in [0.29, 0.717) is 12.1 Å². The van der Waals surface area contributed by atoms with Crippen molar-refractivity contribution in [1.29, 1.82) is 0 Å². The Bertz CT molecular complexity index is 863. The number of carbonyl (C=O) groups excluding carboxylic acids is 3. The van der Waals surface area contributed by atoms with Gasteiger partial charge in [-0.2, -0.15) is 0 Å². The number of fused-ring (bicyclic) bond motifs is 1. The molecular weight excluding hydrogens is 402 g/mol. The van der Waals surface area contributed by atoms with Crippen molar-refractivity contribution in [3.63, 3.8) is 0 Å². The van der Waals surface area contributed by atoms with Crippen LogP contribution in [0.1, 0.15) is 33.6 Å². The van der Waals surface area contributed by atoms with E-state index in [-0.39, 0.29) is 36.9 Å². The Morgan fingerprint density at radius 3 is 2.57 bits per heavy atom. The standard InChI is InChI=1S/C22H29N3O4S/c1-13(2)23-19(28)17-22-10-9-21(3,30-22)15(16(22)20(29)25(17)11-12-26)18(27)24-14-7-5-4-6-8-14/h4-8,13,15-17,26H,9-12H2,1-3H3,(H,23,28)(H,24,27)/t15-,16+,17?,21+,22?/m1/s1. The molecule has 3 fully saturated rings. The fourth-order valence-electron chi connectivity index (χ4n) is 5.58. The Morgan fingerprint density at radius 1 is 1.23 bits per heavy atom. The van der Waals surface area contributed by atoms with Crippen molar-refractivity contribution in [2.24, 2.45) is 11.8 Å². The molecule has 0 saturated carbocycles. The topological polar surface area (TPSA) is 98.7 Å². The zero-order chi connectivity index (χ0) is 21.7. The van der Waals surface area contributed by atoms with Crippen LogP contribution in [0.25, 0.3) is 0 Å². The second kappa shape index (κ2) is 7.57. The Hall–Kier alpha value is -2.06. The second-order valence-electron chi connectivity index (χ2n) is 9.00. The minimum atomic E-state index is -0.675. The van der Waals surface area contributed by atoms with Crippen LogP contribution in [0.15, 0.2) is 30.3 Å². The minimum absolute atomic E-state index is 0.0598. The van der Waals surface area contributed by atoms with Crippen molar-refractivity contribution in [3.05, 3.63) is 30.3 Å². The van der Waals surface area contributed by atoms with Gasteiger partial charge in [0, 0.05) is 23.0 Å². The number of para-hydroxylation sites is 1. The van der Waals surface area contributed by atoms with Gasteiger partial charge < -0.3 is 20.6 Å². The van der Waals surface area contributed by atoms with E-state index in [4.69, 9.17) is 0 Å². The molecule has 3 aliphatic heterocycles. The van der Waals surface area contributed by atoms with Crippen LogP contribution in [0, 0.1) is 11.8 Å². The summed E-state index contributed by atoms with van der Waals surface area (Å²) in [5.41, 5.74) is 0.694. The summed E-state index contributed by atoms with van der Waals surface area (Å²) in [6.07, 6.45) is 1.48. The number of benzene rings is 1. The molecule has 3 aliphatic rings. The van der Waals surface area contributed by atoms with Crippen LogP contribution in [-0.2, 0) is 14.4 Å². The number of β-amino-alcohol motifs (C(OH)–C–C–N with tert-alkyl or cyclic N) is 1. The molecule has 7 nitrogen and oxygen atoms in total. The Morgan fingerprint density at radius 2 is 1.93 bits per heavy atom. The summed E-state index contributed by atoms with van der Waals surface area (Å²) in [6.45, 7) is 5.69. The third kappa shape index (κ3) is 3.12.